The molecule has 0 bridgehead atoms. The summed E-state index contributed by atoms with van der Waals surface area (Å²) in [6.45, 7) is 2.15. The first kappa shape index (κ1) is 12.8. The maximum Gasteiger partial charge on any atom is 0.220 e. The number of hydrogen-bond acceptors (Lipinski definition) is 3. The van der Waals surface area contributed by atoms with Crippen molar-refractivity contribution in [2.24, 2.45) is 5.92 Å². The van der Waals surface area contributed by atoms with E-state index in [1.165, 1.54) is 6.42 Å². The first-order valence-electron chi connectivity index (χ1n) is 6.94. The fourth-order valence-corrected chi connectivity index (χ4v) is 2.85. The van der Waals surface area contributed by atoms with Crippen molar-refractivity contribution >= 4 is 5.91 Å². The summed E-state index contributed by atoms with van der Waals surface area (Å²) in [4.78, 5) is 11.8. The SMILES string of the molecule is O=C(CCC1CCNC1)N[C@@H]1CCCC[C@H]1O. The van der Waals surface area contributed by atoms with Gasteiger partial charge in [0.1, 0.15) is 0 Å². The van der Waals surface area contributed by atoms with Crippen molar-refractivity contribution in [3.05, 3.63) is 0 Å². The van der Waals surface area contributed by atoms with Crippen molar-refractivity contribution in [3.63, 3.8) is 0 Å². The van der Waals surface area contributed by atoms with Gasteiger partial charge >= 0.3 is 0 Å². The van der Waals surface area contributed by atoms with Crippen LogP contribution in [-0.4, -0.2) is 36.2 Å². The molecule has 17 heavy (non-hydrogen) atoms. The second kappa shape index (κ2) is 6.36. The van der Waals surface area contributed by atoms with Crippen molar-refractivity contribution in [3.8, 4) is 0 Å². The van der Waals surface area contributed by atoms with Crippen LogP contribution in [0.25, 0.3) is 0 Å². The minimum absolute atomic E-state index is 0.00190. The fourth-order valence-electron chi connectivity index (χ4n) is 2.85. The minimum atomic E-state index is -0.333. The standard InChI is InChI=1S/C13H24N2O2/c16-12-4-2-1-3-11(12)15-13(17)6-5-10-7-8-14-9-10/h10-12,14,16H,1-9H2,(H,15,17)/t10?,11-,12-/m1/s1. The van der Waals surface area contributed by atoms with E-state index in [2.05, 4.69) is 10.6 Å². The van der Waals surface area contributed by atoms with E-state index in [1.807, 2.05) is 0 Å². The second-order valence-corrected chi connectivity index (χ2v) is 5.42. The Morgan fingerprint density at radius 3 is 2.82 bits per heavy atom. The maximum absolute atomic E-state index is 11.8. The molecule has 4 nitrogen and oxygen atoms in total. The maximum atomic E-state index is 11.8. The molecule has 0 aromatic carbocycles. The molecule has 0 spiro atoms. The van der Waals surface area contributed by atoms with Crippen molar-refractivity contribution in [1.82, 2.24) is 10.6 Å². The van der Waals surface area contributed by atoms with Gasteiger partial charge in [-0.25, -0.2) is 0 Å². The molecule has 0 radical (unpaired) electrons. The highest BCUT2D eigenvalue weighted by Crippen LogP contribution is 2.19. The zero-order valence-corrected chi connectivity index (χ0v) is 10.5. The summed E-state index contributed by atoms with van der Waals surface area (Å²) in [5.41, 5.74) is 0. The molecule has 3 N–H and O–H groups in total. The van der Waals surface area contributed by atoms with Crippen molar-refractivity contribution in [2.45, 2.75) is 57.1 Å². The Morgan fingerprint density at radius 1 is 1.29 bits per heavy atom. The highest BCUT2D eigenvalue weighted by Gasteiger charge is 2.24. The predicted octanol–water partition coefficient (Wildman–Crippen LogP) is 0.796. The summed E-state index contributed by atoms with van der Waals surface area (Å²) in [6.07, 6.45) is 6.41. The van der Waals surface area contributed by atoms with Crippen LogP contribution in [0.3, 0.4) is 0 Å². The fraction of sp³-hybridized carbons (Fsp3) is 0.923. The van der Waals surface area contributed by atoms with Gasteiger partial charge in [0.25, 0.3) is 0 Å². The van der Waals surface area contributed by atoms with Crippen LogP contribution in [-0.2, 0) is 4.79 Å². The van der Waals surface area contributed by atoms with Gasteiger partial charge in [-0.3, -0.25) is 4.79 Å². The molecule has 0 aromatic rings. The normalized spacial score (nSPS) is 33.6. The molecule has 2 fully saturated rings. The van der Waals surface area contributed by atoms with Gasteiger partial charge in [-0.05, 0) is 44.7 Å². The lowest BCUT2D eigenvalue weighted by Gasteiger charge is -2.28. The van der Waals surface area contributed by atoms with E-state index in [9.17, 15) is 9.90 Å². The Bertz CT molecular complexity index is 252. The van der Waals surface area contributed by atoms with Crippen LogP contribution in [0.15, 0.2) is 0 Å². The quantitative estimate of drug-likeness (QED) is 0.681. The van der Waals surface area contributed by atoms with Gasteiger partial charge in [-0.15, -0.1) is 0 Å². The molecule has 4 heteroatoms. The van der Waals surface area contributed by atoms with Gasteiger partial charge in [0, 0.05) is 6.42 Å². The van der Waals surface area contributed by atoms with Crippen molar-refractivity contribution in [2.75, 3.05) is 13.1 Å². The summed E-state index contributed by atoms with van der Waals surface area (Å²) in [5, 5.41) is 16.1. The Balaban J connectivity index is 1.65. The molecule has 2 rings (SSSR count). The van der Waals surface area contributed by atoms with Gasteiger partial charge in [-0.2, -0.15) is 0 Å². The lowest BCUT2D eigenvalue weighted by Crippen LogP contribution is -2.45. The van der Waals surface area contributed by atoms with E-state index in [0.717, 1.165) is 45.2 Å². The second-order valence-electron chi connectivity index (χ2n) is 5.42. The molecule has 0 aromatic heterocycles. The van der Waals surface area contributed by atoms with Gasteiger partial charge < -0.3 is 15.7 Å². The van der Waals surface area contributed by atoms with Gasteiger partial charge in [0.05, 0.1) is 12.1 Å². The predicted molar refractivity (Wildman–Crippen MR) is 66.6 cm³/mol. The molecular weight excluding hydrogens is 216 g/mol. The third kappa shape index (κ3) is 3.96. The van der Waals surface area contributed by atoms with Crippen LogP contribution < -0.4 is 10.6 Å². The Hall–Kier alpha value is -0.610. The van der Waals surface area contributed by atoms with Gasteiger partial charge in [0.15, 0.2) is 0 Å². The number of aliphatic hydroxyl groups is 1. The third-order valence-corrected chi connectivity index (χ3v) is 4.02. The molecule has 1 heterocycles. The number of carbonyl (C=O) groups is 1. The van der Waals surface area contributed by atoms with Crippen LogP contribution in [0.4, 0.5) is 0 Å². The Kier molecular flexibility index (Phi) is 4.80. The number of rotatable bonds is 4. The average Bonchev–Trinajstić information content (AvgIpc) is 2.82. The number of nitrogens with one attached hydrogen (secondary N) is 2. The average molecular weight is 240 g/mol. The zero-order chi connectivity index (χ0) is 12.1. The summed E-state index contributed by atoms with van der Waals surface area (Å²) < 4.78 is 0. The van der Waals surface area contributed by atoms with Gasteiger partial charge in [-0.1, -0.05) is 12.8 Å². The molecule has 3 atom stereocenters. The molecule has 1 amide bonds. The van der Waals surface area contributed by atoms with E-state index >= 15 is 0 Å². The number of amides is 1. The third-order valence-electron chi connectivity index (χ3n) is 4.02. The Morgan fingerprint density at radius 2 is 2.12 bits per heavy atom. The summed E-state index contributed by atoms with van der Waals surface area (Å²) in [6, 6.07) is -0.00190. The highest BCUT2D eigenvalue weighted by molar-refractivity contribution is 5.76. The number of aliphatic hydroxyl groups excluding tert-OH is 1. The summed E-state index contributed by atoms with van der Waals surface area (Å²) in [7, 11) is 0. The van der Waals surface area contributed by atoms with E-state index in [-0.39, 0.29) is 18.1 Å². The molecule has 1 aliphatic heterocycles. The molecule has 1 aliphatic carbocycles. The van der Waals surface area contributed by atoms with E-state index < -0.39 is 0 Å². The Labute approximate surface area is 103 Å². The van der Waals surface area contributed by atoms with Crippen molar-refractivity contribution in [1.29, 1.82) is 0 Å². The lowest BCUT2D eigenvalue weighted by atomic mass is 9.92. The van der Waals surface area contributed by atoms with E-state index in [0.29, 0.717) is 12.3 Å². The van der Waals surface area contributed by atoms with Crippen LogP contribution in [0.1, 0.15) is 44.9 Å². The zero-order valence-electron chi connectivity index (χ0n) is 10.5. The van der Waals surface area contributed by atoms with Crippen molar-refractivity contribution < 1.29 is 9.90 Å². The largest absolute Gasteiger partial charge is 0.391 e. The van der Waals surface area contributed by atoms with Crippen LogP contribution >= 0.6 is 0 Å². The number of hydrogen-bond donors (Lipinski definition) is 3. The first-order valence-corrected chi connectivity index (χ1v) is 6.94. The molecular formula is C13H24N2O2. The van der Waals surface area contributed by atoms with Gasteiger partial charge in [0.2, 0.25) is 5.91 Å². The van der Waals surface area contributed by atoms with Crippen LogP contribution in [0, 0.1) is 5.92 Å². The molecule has 98 valence electrons. The monoisotopic (exact) mass is 240 g/mol. The first-order chi connectivity index (χ1) is 8.25. The smallest absolute Gasteiger partial charge is 0.220 e. The number of carbonyl (C=O) groups excluding carboxylic acids is 1. The summed E-state index contributed by atoms with van der Waals surface area (Å²) in [5.74, 6) is 0.778. The highest BCUT2D eigenvalue weighted by atomic mass is 16.3. The molecule has 1 saturated carbocycles. The van der Waals surface area contributed by atoms with Crippen LogP contribution in [0.5, 0.6) is 0 Å². The lowest BCUT2D eigenvalue weighted by molar-refractivity contribution is -0.123. The topological polar surface area (TPSA) is 61.4 Å². The minimum Gasteiger partial charge on any atom is -0.391 e. The molecule has 1 saturated heterocycles. The molecule has 1 unspecified atom stereocenters. The summed E-state index contributed by atoms with van der Waals surface area (Å²) >= 11 is 0. The molecule has 2 aliphatic rings. The van der Waals surface area contributed by atoms with E-state index in [1.54, 1.807) is 0 Å². The van der Waals surface area contributed by atoms with Crippen LogP contribution in [0.2, 0.25) is 0 Å². The van der Waals surface area contributed by atoms with E-state index in [4.69, 9.17) is 0 Å².